The zero-order valence-electron chi connectivity index (χ0n) is 20.2. The van der Waals surface area contributed by atoms with E-state index in [1.807, 2.05) is 0 Å². The zero-order chi connectivity index (χ0) is 28.8. The molecule has 0 saturated carbocycles. The minimum Gasteiger partial charge on any atom is -0.493 e. The summed E-state index contributed by atoms with van der Waals surface area (Å²) >= 11 is 0. The Morgan fingerprint density at radius 1 is 0.846 bits per heavy atom. The van der Waals surface area contributed by atoms with Gasteiger partial charge in [-0.2, -0.15) is 26.3 Å². The zero-order valence-corrected chi connectivity index (χ0v) is 20.2. The molecular weight excluding hydrogens is 537 g/mol. The highest BCUT2D eigenvalue weighted by atomic mass is 19.4. The molecule has 0 aliphatic rings. The maximum absolute atomic E-state index is 13.6. The van der Waals surface area contributed by atoms with E-state index in [2.05, 4.69) is 4.98 Å². The topological polar surface area (TPSA) is 73.6 Å². The van der Waals surface area contributed by atoms with Gasteiger partial charge >= 0.3 is 12.4 Å². The van der Waals surface area contributed by atoms with E-state index in [-0.39, 0.29) is 40.3 Å². The summed E-state index contributed by atoms with van der Waals surface area (Å²) in [5, 5.41) is 9.72. The first-order chi connectivity index (χ1) is 18.2. The highest BCUT2D eigenvalue weighted by molar-refractivity contribution is 5.82. The van der Waals surface area contributed by atoms with Gasteiger partial charge in [0.05, 0.1) is 30.8 Å². The summed E-state index contributed by atoms with van der Waals surface area (Å²) in [6.45, 7) is 0. The molecule has 0 amide bonds. The molecule has 0 atom stereocenters. The fraction of sp³-hybridized carbons (Fsp3) is 0.231. The SMILES string of the molecule is COc1cc2nc(Cc3ccc(F)cc3)n(-c3ccc(C(O)(C(F)(F)F)C(F)(F)F)cc3)c(=O)c2cc1OC. The number of rotatable bonds is 6. The number of methoxy groups -OCH3 is 2. The van der Waals surface area contributed by atoms with Crippen molar-refractivity contribution < 1.29 is 45.3 Å². The molecule has 0 aliphatic heterocycles. The third-order valence-electron chi connectivity index (χ3n) is 6.08. The van der Waals surface area contributed by atoms with Crippen LogP contribution in [0.4, 0.5) is 30.7 Å². The number of hydrogen-bond acceptors (Lipinski definition) is 5. The van der Waals surface area contributed by atoms with Crippen molar-refractivity contribution in [2.24, 2.45) is 0 Å². The highest BCUT2D eigenvalue weighted by Crippen LogP contribution is 2.50. The van der Waals surface area contributed by atoms with Crippen molar-refractivity contribution in [1.82, 2.24) is 9.55 Å². The smallest absolute Gasteiger partial charge is 0.430 e. The lowest BCUT2D eigenvalue weighted by Gasteiger charge is -2.32. The fourth-order valence-corrected chi connectivity index (χ4v) is 4.07. The Balaban J connectivity index is 1.95. The number of nitrogens with zero attached hydrogens (tertiary/aromatic N) is 2. The number of ether oxygens (including phenoxy) is 2. The predicted molar refractivity (Wildman–Crippen MR) is 126 cm³/mol. The lowest BCUT2D eigenvalue weighted by molar-refractivity contribution is -0.376. The third kappa shape index (κ3) is 4.89. The van der Waals surface area contributed by atoms with Gasteiger partial charge in [0.15, 0.2) is 11.5 Å². The van der Waals surface area contributed by atoms with Gasteiger partial charge in [-0.3, -0.25) is 9.36 Å². The molecule has 0 spiro atoms. The van der Waals surface area contributed by atoms with Crippen LogP contribution in [0.2, 0.25) is 0 Å². The molecule has 0 unspecified atom stereocenters. The van der Waals surface area contributed by atoms with E-state index in [0.29, 0.717) is 17.7 Å². The van der Waals surface area contributed by atoms with Crippen molar-refractivity contribution in [3.05, 3.63) is 93.8 Å². The number of benzene rings is 3. The molecule has 3 aromatic carbocycles. The van der Waals surface area contributed by atoms with Gasteiger partial charge in [0.1, 0.15) is 11.6 Å². The van der Waals surface area contributed by atoms with Gasteiger partial charge in [-0.1, -0.05) is 24.3 Å². The van der Waals surface area contributed by atoms with Crippen molar-refractivity contribution >= 4 is 10.9 Å². The number of fused-ring (bicyclic) bond motifs is 1. The molecule has 13 heteroatoms. The molecule has 6 nitrogen and oxygen atoms in total. The van der Waals surface area contributed by atoms with E-state index < -0.39 is 34.9 Å². The third-order valence-corrected chi connectivity index (χ3v) is 6.08. The quantitative estimate of drug-likeness (QED) is 0.320. The second-order valence-electron chi connectivity index (χ2n) is 8.45. The van der Waals surface area contributed by atoms with E-state index in [9.17, 15) is 40.6 Å². The average Bonchev–Trinajstić information content (AvgIpc) is 2.88. The summed E-state index contributed by atoms with van der Waals surface area (Å²) in [5.41, 5.74) is -6.78. The van der Waals surface area contributed by atoms with Crippen LogP contribution in [0.3, 0.4) is 0 Å². The lowest BCUT2D eigenvalue weighted by Crippen LogP contribution is -2.53. The van der Waals surface area contributed by atoms with Gasteiger partial charge in [0.25, 0.3) is 11.2 Å². The van der Waals surface area contributed by atoms with Crippen LogP contribution in [0.25, 0.3) is 16.6 Å². The monoisotopic (exact) mass is 556 g/mol. The molecule has 1 heterocycles. The molecule has 206 valence electrons. The first kappa shape index (κ1) is 27.9. The molecule has 4 aromatic rings. The highest BCUT2D eigenvalue weighted by Gasteiger charge is 2.71. The minimum atomic E-state index is -6.07. The van der Waals surface area contributed by atoms with Crippen LogP contribution >= 0.6 is 0 Å². The summed E-state index contributed by atoms with van der Waals surface area (Å²) in [7, 11) is 2.70. The van der Waals surface area contributed by atoms with Gasteiger partial charge in [-0.15, -0.1) is 0 Å². The molecule has 1 aromatic heterocycles. The van der Waals surface area contributed by atoms with Crippen molar-refractivity contribution in [3.63, 3.8) is 0 Å². The maximum atomic E-state index is 13.6. The Morgan fingerprint density at radius 3 is 1.90 bits per heavy atom. The van der Waals surface area contributed by atoms with Crippen molar-refractivity contribution in [1.29, 1.82) is 0 Å². The Labute approximate surface area is 215 Å². The molecular formula is C26H19F7N2O4. The number of alkyl halides is 6. The molecule has 4 rings (SSSR count). The largest absolute Gasteiger partial charge is 0.493 e. The molecule has 0 saturated heterocycles. The second-order valence-corrected chi connectivity index (χ2v) is 8.45. The molecule has 0 radical (unpaired) electrons. The van der Waals surface area contributed by atoms with Crippen LogP contribution in [0.15, 0.2) is 65.5 Å². The normalized spacial score (nSPS) is 12.6. The fourth-order valence-electron chi connectivity index (χ4n) is 4.07. The summed E-state index contributed by atoms with van der Waals surface area (Å²) in [5.74, 6) is -0.0411. The van der Waals surface area contributed by atoms with Gasteiger partial charge in [-0.05, 0) is 35.9 Å². The Hall–Kier alpha value is -4.13. The average molecular weight is 556 g/mol. The van der Waals surface area contributed by atoms with Crippen molar-refractivity contribution in [2.75, 3.05) is 14.2 Å². The van der Waals surface area contributed by atoms with Gasteiger partial charge in [0, 0.05) is 18.1 Å². The Kier molecular flexibility index (Phi) is 7.06. The van der Waals surface area contributed by atoms with Crippen molar-refractivity contribution in [2.45, 2.75) is 24.4 Å². The molecule has 0 bridgehead atoms. The predicted octanol–water partition coefficient (Wildman–Crippen LogP) is 5.45. The molecule has 0 fully saturated rings. The summed E-state index contributed by atoms with van der Waals surface area (Å²) in [6, 6.07) is 10.5. The van der Waals surface area contributed by atoms with Gasteiger partial charge in [0.2, 0.25) is 0 Å². The number of aliphatic hydroxyl groups is 1. The Morgan fingerprint density at radius 2 is 1.38 bits per heavy atom. The maximum Gasteiger partial charge on any atom is 0.430 e. The van der Waals surface area contributed by atoms with E-state index in [1.165, 1.54) is 50.6 Å². The first-order valence-corrected chi connectivity index (χ1v) is 11.1. The van der Waals surface area contributed by atoms with E-state index in [1.54, 1.807) is 0 Å². The van der Waals surface area contributed by atoms with Crippen LogP contribution in [0, 0.1) is 5.82 Å². The van der Waals surface area contributed by atoms with Crippen LogP contribution in [-0.4, -0.2) is 41.2 Å². The van der Waals surface area contributed by atoms with Crippen LogP contribution in [0.1, 0.15) is 17.0 Å². The number of hydrogen-bond donors (Lipinski definition) is 1. The summed E-state index contributed by atoms with van der Waals surface area (Å²) < 4.78 is 105. The summed E-state index contributed by atoms with van der Waals surface area (Å²) in [4.78, 5) is 18.1. The first-order valence-electron chi connectivity index (χ1n) is 11.1. The second kappa shape index (κ2) is 9.88. The van der Waals surface area contributed by atoms with Crippen LogP contribution in [-0.2, 0) is 12.0 Å². The van der Waals surface area contributed by atoms with E-state index >= 15 is 0 Å². The van der Waals surface area contributed by atoms with E-state index in [4.69, 9.17) is 9.47 Å². The number of halogens is 7. The van der Waals surface area contributed by atoms with Gasteiger partial charge in [-0.25, -0.2) is 9.37 Å². The molecule has 39 heavy (non-hydrogen) atoms. The van der Waals surface area contributed by atoms with Crippen molar-refractivity contribution in [3.8, 4) is 17.2 Å². The van der Waals surface area contributed by atoms with Gasteiger partial charge < -0.3 is 14.6 Å². The lowest BCUT2D eigenvalue weighted by atomic mass is 9.92. The van der Waals surface area contributed by atoms with Crippen LogP contribution < -0.4 is 15.0 Å². The van der Waals surface area contributed by atoms with Crippen LogP contribution in [0.5, 0.6) is 11.5 Å². The molecule has 0 aliphatic carbocycles. The minimum absolute atomic E-state index is 0.0154. The van der Waals surface area contributed by atoms with E-state index in [0.717, 1.165) is 16.7 Å². The molecule has 1 N–H and O–H groups in total. The standard InChI is InChI=1S/C26H19F7N2O4/c1-38-20-12-18-19(13-21(20)39-2)34-22(11-14-3-7-16(27)8-4-14)35(23(18)36)17-9-5-15(6-10-17)24(37,25(28,29)30)26(31,32)33/h3-10,12-13,37H,11H2,1-2H3. The summed E-state index contributed by atoms with van der Waals surface area (Å²) in [6.07, 6.45) is -12.2. The Bertz CT molecular complexity index is 1550. The number of aromatic nitrogens is 2.